The number of amides is 3. The van der Waals surface area contributed by atoms with Crippen molar-refractivity contribution in [3.63, 3.8) is 0 Å². The van der Waals surface area contributed by atoms with E-state index in [1.165, 1.54) is 12.1 Å². The molecule has 0 bridgehead atoms. The minimum absolute atomic E-state index is 0.0140. The van der Waals surface area contributed by atoms with Gasteiger partial charge in [0.1, 0.15) is 11.6 Å². The van der Waals surface area contributed by atoms with Crippen molar-refractivity contribution in [1.29, 1.82) is 0 Å². The van der Waals surface area contributed by atoms with Crippen LogP contribution in [0.15, 0.2) is 42.5 Å². The van der Waals surface area contributed by atoms with Gasteiger partial charge in [0.15, 0.2) is 6.61 Å². The van der Waals surface area contributed by atoms with Crippen LogP contribution >= 0.6 is 23.2 Å². The van der Waals surface area contributed by atoms with E-state index in [0.717, 1.165) is 11.8 Å². The van der Waals surface area contributed by atoms with Crippen LogP contribution in [-0.2, 0) is 4.79 Å². The molecule has 166 valence electrons. The van der Waals surface area contributed by atoms with E-state index in [9.17, 15) is 19.1 Å². The highest BCUT2D eigenvalue weighted by Gasteiger charge is 2.29. The number of benzene rings is 2. The minimum Gasteiger partial charge on any atom is -0.484 e. The lowest BCUT2D eigenvalue weighted by atomic mass is 10.2. The normalized spacial score (nSPS) is 14.6. The predicted molar refractivity (Wildman–Crippen MR) is 116 cm³/mol. The first-order chi connectivity index (χ1) is 14.8. The van der Waals surface area contributed by atoms with Crippen molar-refractivity contribution in [2.24, 2.45) is 0 Å². The Kier molecular flexibility index (Phi) is 7.95. The van der Waals surface area contributed by atoms with Gasteiger partial charge in [-0.3, -0.25) is 9.69 Å². The number of halogens is 3. The van der Waals surface area contributed by atoms with Gasteiger partial charge in [-0.2, -0.15) is 0 Å². The summed E-state index contributed by atoms with van der Waals surface area (Å²) in [5, 5.41) is 13.2. The zero-order chi connectivity index (χ0) is 22.4. The van der Waals surface area contributed by atoms with Gasteiger partial charge in [-0.15, -0.1) is 0 Å². The van der Waals surface area contributed by atoms with Crippen LogP contribution in [0, 0.1) is 5.82 Å². The third kappa shape index (κ3) is 6.46. The molecule has 0 spiro atoms. The summed E-state index contributed by atoms with van der Waals surface area (Å²) in [6.07, 6.45) is -0.515. The summed E-state index contributed by atoms with van der Waals surface area (Å²) in [4.78, 5) is 27.7. The standard InChI is InChI=1S/C21H22Cl2FN3O4/c22-14-1-3-15(4-2-14)27-10-9-26(21(27)30)8-7-16(28)12-25-20(29)13-31-17-5-6-18(23)19(24)11-17/h1-6,11,16,28H,7-10,12-13H2,(H,25,29)/t16-/m0/s1. The molecule has 31 heavy (non-hydrogen) atoms. The molecule has 0 aromatic heterocycles. The topological polar surface area (TPSA) is 82.1 Å². The van der Waals surface area contributed by atoms with Crippen molar-refractivity contribution in [2.45, 2.75) is 12.5 Å². The monoisotopic (exact) mass is 469 g/mol. The van der Waals surface area contributed by atoms with E-state index in [0.29, 0.717) is 31.1 Å². The second kappa shape index (κ2) is 10.7. The van der Waals surface area contributed by atoms with Crippen molar-refractivity contribution in [1.82, 2.24) is 10.2 Å². The molecule has 1 atom stereocenters. The zero-order valence-corrected chi connectivity index (χ0v) is 18.1. The highest BCUT2D eigenvalue weighted by Crippen LogP contribution is 2.23. The van der Waals surface area contributed by atoms with Crippen LogP contribution < -0.4 is 15.0 Å². The van der Waals surface area contributed by atoms with Crippen molar-refractivity contribution < 1.29 is 23.8 Å². The first-order valence-electron chi connectivity index (χ1n) is 9.68. The summed E-state index contributed by atoms with van der Waals surface area (Å²) in [5.74, 6) is -0.919. The fourth-order valence-electron chi connectivity index (χ4n) is 3.06. The Morgan fingerprint density at radius 3 is 2.65 bits per heavy atom. The average molecular weight is 470 g/mol. The molecule has 3 rings (SSSR count). The number of urea groups is 1. The number of hydrogen-bond acceptors (Lipinski definition) is 4. The van der Waals surface area contributed by atoms with Gasteiger partial charge in [-0.05, 0) is 42.8 Å². The van der Waals surface area contributed by atoms with Crippen molar-refractivity contribution in [3.05, 3.63) is 58.3 Å². The second-order valence-electron chi connectivity index (χ2n) is 7.01. The molecule has 3 amide bonds. The number of aliphatic hydroxyl groups is 1. The van der Waals surface area contributed by atoms with Crippen molar-refractivity contribution in [2.75, 3.05) is 37.7 Å². The van der Waals surface area contributed by atoms with Gasteiger partial charge in [0, 0.05) is 43.0 Å². The van der Waals surface area contributed by atoms with Gasteiger partial charge < -0.3 is 20.1 Å². The lowest BCUT2D eigenvalue weighted by molar-refractivity contribution is -0.123. The fourth-order valence-corrected chi connectivity index (χ4v) is 3.30. The first kappa shape index (κ1) is 23.1. The number of nitrogens with one attached hydrogen (secondary N) is 1. The molecule has 0 radical (unpaired) electrons. The van der Waals surface area contributed by atoms with E-state index < -0.39 is 17.8 Å². The Balaban J connectivity index is 1.36. The van der Waals surface area contributed by atoms with E-state index in [1.54, 1.807) is 34.1 Å². The highest BCUT2D eigenvalue weighted by molar-refractivity contribution is 6.31. The number of carbonyl (C=O) groups excluding carboxylic acids is 2. The summed E-state index contributed by atoms with van der Waals surface area (Å²) >= 11 is 11.5. The summed E-state index contributed by atoms with van der Waals surface area (Å²) in [5.41, 5.74) is 0.769. The molecule has 7 nitrogen and oxygen atoms in total. The molecule has 0 saturated carbocycles. The fraction of sp³-hybridized carbons (Fsp3) is 0.333. The molecule has 1 heterocycles. The lowest BCUT2D eigenvalue weighted by Crippen LogP contribution is -2.38. The third-order valence-electron chi connectivity index (χ3n) is 4.76. The van der Waals surface area contributed by atoms with Crippen LogP contribution in [0.1, 0.15) is 6.42 Å². The predicted octanol–water partition coefficient (Wildman–Crippen LogP) is 3.32. The number of carbonyl (C=O) groups is 2. The molecule has 1 fully saturated rings. The Morgan fingerprint density at radius 1 is 1.19 bits per heavy atom. The molecule has 2 aromatic carbocycles. The maximum absolute atomic E-state index is 13.4. The van der Waals surface area contributed by atoms with Gasteiger partial charge in [-0.25, -0.2) is 9.18 Å². The summed E-state index contributed by atoms with van der Waals surface area (Å²) in [6.45, 7) is 1.15. The Morgan fingerprint density at radius 2 is 1.94 bits per heavy atom. The molecule has 1 aliphatic heterocycles. The van der Waals surface area contributed by atoms with E-state index in [1.807, 2.05) is 0 Å². The van der Waals surface area contributed by atoms with E-state index in [-0.39, 0.29) is 30.0 Å². The van der Waals surface area contributed by atoms with Crippen LogP contribution in [0.5, 0.6) is 5.75 Å². The van der Waals surface area contributed by atoms with Crippen LogP contribution in [0.4, 0.5) is 14.9 Å². The largest absolute Gasteiger partial charge is 0.484 e. The molecular formula is C21H22Cl2FN3O4. The van der Waals surface area contributed by atoms with E-state index in [2.05, 4.69) is 5.32 Å². The molecular weight excluding hydrogens is 448 g/mol. The summed E-state index contributed by atoms with van der Waals surface area (Å²) < 4.78 is 18.5. The maximum atomic E-state index is 13.4. The number of nitrogens with zero attached hydrogens (tertiary/aromatic N) is 2. The SMILES string of the molecule is O=C(COc1ccc(Cl)c(F)c1)NC[C@@H](O)CCN1CCN(c2ccc(Cl)cc2)C1=O. The lowest BCUT2D eigenvalue weighted by Gasteiger charge is -2.20. The number of anilines is 1. The van der Waals surface area contributed by atoms with Crippen molar-refractivity contribution >= 4 is 40.8 Å². The van der Waals surface area contributed by atoms with E-state index in [4.69, 9.17) is 27.9 Å². The minimum atomic E-state index is -0.825. The second-order valence-corrected chi connectivity index (χ2v) is 7.85. The average Bonchev–Trinajstić information content (AvgIpc) is 3.12. The van der Waals surface area contributed by atoms with Gasteiger partial charge in [0.25, 0.3) is 5.91 Å². The smallest absolute Gasteiger partial charge is 0.324 e. The molecule has 0 aliphatic carbocycles. The van der Waals surface area contributed by atoms with Crippen LogP contribution in [0.3, 0.4) is 0 Å². The Bertz CT molecular complexity index is 929. The molecule has 1 saturated heterocycles. The number of hydrogen-bond donors (Lipinski definition) is 2. The van der Waals surface area contributed by atoms with Gasteiger partial charge in [0.05, 0.1) is 11.1 Å². The quantitative estimate of drug-likeness (QED) is 0.589. The third-order valence-corrected chi connectivity index (χ3v) is 5.32. The maximum Gasteiger partial charge on any atom is 0.324 e. The summed E-state index contributed by atoms with van der Waals surface area (Å²) in [7, 11) is 0. The molecule has 2 N–H and O–H groups in total. The van der Waals surface area contributed by atoms with Gasteiger partial charge >= 0.3 is 6.03 Å². The molecule has 10 heteroatoms. The zero-order valence-electron chi connectivity index (χ0n) is 16.6. The number of ether oxygens (including phenoxy) is 1. The summed E-state index contributed by atoms with van der Waals surface area (Å²) in [6, 6.07) is 10.8. The van der Waals surface area contributed by atoms with Crippen LogP contribution in [0.2, 0.25) is 10.0 Å². The Labute approximate surface area is 189 Å². The van der Waals surface area contributed by atoms with Gasteiger partial charge in [0.2, 0.25) is 0 Å². The first-order valence-corrected chi connectivity index (χ1v) is 10.4. The molecule has 0 unspecified atom stereocenters. The van der Waals surface area contributed by atoms with Gasteiger partial charge in [-0.1, -0.05) is 23.2 Å². The van der Waals surface area contributed by atoms with Crippen LogP contribution in [-0.4, -0.2) is 60.8 Å². The Hall–Kier alpha value is -2.55. The highest BCUT2D eigenvalue weighted by atomic mass is 35.5. The van der Waals surface area contributed by atoms with E-state index >= 15 is 0 Å². The number of rotatable bonds is 9. The number of aliphatic hydroxyl groups excluding tert-OH is 1. The molecule has 1 aliphatic rings. The molecule has 2 aromatic rings. The van der Waals surface area contributed by atoms with Crippen LogP contribution in [0.25, 0.3) is 0 Å². The van der Waals surface area contributed by atoms with Crippen molar-refractivity contribution in [3.8, 4) is 5.75 Å².